The van der Waals surface area contributed by atoms with Crippen LogP contribution in [0.25, 0.3) is 0 Å². The molecule has 2 unspecified atom stereocenters. The zero-order valence-electron chi connectivity index (χ0n) is 20.5. The van der Waals surface area contributed by atoms with E-state index in [1.54, 1.807) is 19.2 Å². The van der Waals surface area contributed by atoms with Crippen molar-refractivity contribution in [3.8, 4) is 0 Å². The number of carbonyl (C=O) groups is 3. The third-order valence-electron chi connectivity index (χ3n) is 5.26. The predicted molar refractivity (Wildman–Crippen MR) is 129 cm³/mol. The molecule has 0 fully saturated rings. The van der Waals surface area contributed by atoms with Crippen LogP contribution in [0.15, 0.2) is 29.1 Å². The van der Waals surface area contributed by atoms with Crippen molar-refractivity contribution >= 4 is 64.0 Å². The molecule has 1 aromatic carbocycles. The second kappa shape index (κ2) is 11.6. The van der Waals surface area contributed by atoms with Crippen molar-refractivity contribution in [3.63, 3.8) is 0 Å². The number of nitrogens with zero attached hydrogens (tertiary/aromatic N) is 2. The first-order chi connectivity index (χ1) is 15.7. The van der Waals surface area contributed by atoms with E-state index in [1.807, 2.05) is 4.90 Å². The fraction of sp³-hybridized carbons (Fsp3) is 0.350. The minimum atomic E-state index is -1.30. The van der Waals surface area contributed by atoms with Crippen molar-refractivity contribution < 1.29 is 27.4 Å². The second-order valence-electron chi connectivity index (χ2n) is 7.55. The summed E-state index contributed by atoms with van der Waals surface area (Å²) < 4.78 is 0. The second-order valence-corrected chi connectivity index (χ2v) is 7.55. The Morgan fingerprint density at radius 2 is 1.97 bits per heavy atom. The van der Waals surface area contributed by atoms with E-state index in [1.165, 1.54) is 12.1 Å². The molecular weight excluding hydrogens is 459 g/mol. The molecule has 14 heteroatoms. The van der Waals surface area contributed by atoms with Gasteiger partial charge in [-0.15, -0.1) is 0 Å². The molecule has 3 rings (SSSR count). The number of aromatic nitrogens is 2. The van der Waals surface area contributed by atoms with Crippen LogP contribution >= 0.6 is 0 Å². The van der Waals surface area contributed by atoms with E-state index in [0.717, 1.165) is 5.69 Å². The molecule has 8 N–H and O–H groups in total. The van der Waals surface area contributed by atoms with Gasteiger partial charge < -0.3 is 39.7 Å². The predicted octanol–water partition coefficient (Wildman–Crippen LogP) is -0.413. The Balaban J connectivity index is 0.00000408. The van der Waals surface area contributed by atoms with Crippen molar-refractivity contribution in [3.05, 3.63) is 40.2 Å². The minimum absolute atomic E-state index is 0. The SMILES string of the molecule is CN1c2c(nc(N)[nH]c2=O)NCC1CNc1ccc(C(=O)NC(CCC(=O)O)C(=O)O)cc1.[H-].[H-].[Mg+2]. The van der Waals surface area contributed by atoms with Crippen molar-refractivity contribution in [2.45, 2.75) is 24.9 Å². The standard InChI is InChI=1S/C20H25N7O6.Mg.2H/c1-27-12(9-23-16-15(27)18(31)26-20(21)25-16)8-22-11-4-2-10(3-5-11)17(30)24-13(19(32)33)6-7-14(28)29;;;/h2-5,12-13,22H,6-9H2,1H3,(H,24,30)(H,28,29)(H,32,33)(H4,21,23,25,26,31);;;/q;+2;2*-1. The summed E-state index contributed by atoms with van der Waals surface area (Å²) in [4.78, 5) is 54.9. The van der Waals surface area contributed by atoms with Gasteiger partial charge >= 0.3 is 35.0 Å². The van der Waals surface area contributed by atoms with Crippen LogP contribution in [-0.2, 0) is 9.59 Å². The Bertz CT molecular complexity index is 1120. The van der Waals surface area contributed by atoms with E-state index >= 15 is 0 Å². The molecule has 1 aromatic heterocycles. The quantitative estimate of drug-likeness (QED) is 0.227. The molecule has 34 heavy (non-hydrogen) atoms. The van der Waals surface area contributed by atoms with Crippen LogP contribution in [0.4, 0.5) is 23.1 Å². The van der Waals surface area contributed by atoms with Crippen LogP contribution in [0.2, 0.25) is 0 Å². The van der Waals surface area contributed by atoms with Gasteiger partial charge in [0, 0.05) is 37.8 Å². The molecule has 1 aliphatic heterocycles. The zero-order chi connectivity index (χ0) is 24.1. The van der Waals surface area contributed by atoms with Gasteiger partial charge in [0.1, 0.15) is 11.7 Å². The van der Waals surface area contributed by atoms with E-state index < -0.39 is 23.9 Å². The summed E-state index contributed by atoms with van der Waals surface area (Å²) in [6.07, 6.45) is -0.586. The molecule has 180 valence electrons. The number of H-pyrrole nitrogens is 1. The largest absolute Gasteiger partial charge is 2.00 e. The Labute approximate surface area is 213 Å². The minimum Gasteiger partial charge on any atom is -1.00 e. The number of carbonyl (C=O) groups excluding carboxylic acids is 1. The molecular formula is C20H27MgN7O6. The number of benzene rings is 1. The van der Waals surface area contributed by atoms with Gasteiger partial charge in [-0.2, -0.15) is 4.98 Å². The van der Waals surface area contributed by atoms with E-state index in [9.17, 15) is 24.3 Å². The summed E-state index contributed by atoms with van der Waals surface area (Å²) in [6, 6.07) is 5.03. The van der Waals surface area contributed by atoms with Crippen molar-refractivity contribution in [2.75, 3.05) is 41.4 Å². The molecule has 1 aliphatic rings. The number of carboxylic acid groups (broad SMARTS) is 2. The number of amides is 1. The molecule has 0 aliphatic carbocycles. The normalized spacial score (nSPS) is 15.2. The molecule has 0 spiro atoms. The topological polar surface area (TPSA) is 203 Å². The van der Waals surface area contributed by atoms with Gasteiger partial charge in [-0.25, -0.2) is 4.79 Å². The number of nitrogen functional groups attached to an aromatic ring is 1. The summed E-state index contributed by atoms with van der Waals surface area (Å²) in [7, 11) is 1.79. The molecule has 2 atom stereocenters. The number of rotatable bonds is 9. The first-order valence-electron chi connectivity index (χ1n) is 10.1. The van der Waals surface area contributed by atoms with Crippen LogP contribution in [0.1, 0.15) is 26.1 Å². The number of likely N-dealkylation sites (N-methyl/N-ethyl adjacent to an activating group) is 1. The molecule has 0 saturated heterocycles. The van der Waals surface area contributed by atoms with Crippen LogP contribution in [-0.4, -0.2) is 93.3 Å². The number of nitrogens with two attached hydrogens (primary N) is 1. The summed E-state index contributed by atoms with van der Waals surface area (Å²) in [6.45, 7) is 1.01. The van der Waals surface area contributed by atoms with Crippen LogP contribution in [0.3, 0.4) is 0 Å². The fourth-order valence-corrected chi connectivity index (χ4v) is 3.42. The molecule has 1 amide bonds. The maximum absolute atomic E-state index is 12.3. The summed E-state index contributed by atoms with van der Waals surface area (Å²) >= 11 is 0. The average molecular weight is 486 g/mol. The van der Waals surface area contributed by atoms with E-state index in [-0.39, 0.29) is 61.9 Å². The summed E-state index contributed by atoms with van der Waals surface area (Å²) in [5.74, 6) is -2.59. The Morgan fingerprint density at radius 3 is 2.59 bits per heavy atom. The van der Waals surface area contributed by atoms with Crippen molar-refractivity contribution in [1.29, 1.82) is 0 Å². The molecule has 2 aromatic rings. The van der Waals surface area contributed by atoms with Gasteiger partial charge in [0.25, 0.3) is 11.5 Å². The molecule has 13 nitrogen and oxygen atoms in total. The maximum atomic E-state index is 12.3. The number of hydrogen-bond acceptors (Lipinski definition) is 9. The Hall–Kier alpha value is -3.52. The third-order valence-corrected chi connectivity index (χ3v) is 5.26. The van der Waals surface area contributed by atoms with Gasteiger partial charge in [-0.1, -0.05) is 0 Å². The number of aromatic amines is 1. The van der Waals surface area contributed by atoms with Crippen molar-refractivity contribution in [1.82, 2.24) is 15.3 Å². The number of anilines is 4. The van der Waals surface area contributed by atoms with Gasteiger partial charge in [-0.3, -0.25) is 19.4 Å². The smallest absolute Gasteiger partial charge is 1.00 e. The van der Waals surface area contributed by atoms with Crippen LogP contribution in [0, 0.1) is 0 Å². The van der Waals surface area contributed by atoms with Gasteiger partial charge in [0.2, 0.25) is 5.95 Å². The molecule has 2 heterocycles. The average Bonchev–Trinajstić information content (AvgIpc) is 2.75. The van der Waals surface area contributed by atoms with Gasteiger partial charge in [0.15, 0.2) is 5.82 Å². The van der Waals surface area contributed by atoms with Crippen LogP contribution in [0.5, 0.6) is 0 Å². The number of aliphatic carboxylic acids is 2. The zero-order valence-corrected chi connectivity index (χ0v) is 19.9. The fourth-order valence-electron chi connectivity index (χ4n) is 3.42. The third kappa shape index (κ3) is 6.51. The number of carboxylic acids is 2. The molecule has 0 bridgehead atoms. The van der Waals surface area contributed by atoms with Gasteiger partial charge in [-0.05, 0) is 30.7 Å². The molecule has 0 saturated carbocycles. The van der Waals surface area contributed by atoms with E-state index in [2.05, 4.69) is 25.9 Å². The summed E-state index contributed by atoms with van der Waals surface area (Å²) in [5.41, 5.74) is 6.59. The maximum Gasteiger partial charge on any atom is 2.00 e. The Morgan fingerprint density at radius 1 is 1.29 bits per heavy atom. The first kappa shape index (κ1) is 26.7. The number of hydrogen-bond donors (Lipinski definition) is 7. The Kier molecular flexibility index (Phi) is 9.09. The van der Waals surface area contributed by atoms with Crippen molar-refractivity contribution in [2.24, 2.45) is 0 Å². The van der Waals surface area contributed by atoms with Crippen LogP contribution < -0.4 is 32.1 Å². The monoisotopic (exact) mass is 485 g/mol. The van der Waals surface area contributed by atoms with E-state index in [0.29, 0.717) is 24.6 Å². The van der Waals surface area contributed by atoms with Gasteiger partial charge in [0.05, 0.1) is 6.04 Å². The summed E-state index contributed by atoms with van der Waals surface area (Å²) in [5, 5.41) is 26.6. The number of fused-ring (bicyclic) bond motifs is 1. The molecule has 0 radical (unpaired) electrons. The first-order valence-corrected chi connectivity index (χ1v) is 10.1. The number of nitrogens with one attached hydrogen (secondary N) is 4. The van der Waals surface area contributed by atoms with E-state index in [4.69, 9.17) is 10.8 Å².